The maximum atomic E-state index is 12.9. The molecular weight excluding hydrogens is 233 g/mol. The summed E-state index contributed by atoms with van der Waals surface area (Å²) >= 11 is 0. The van der Waals surface area contributed by atoms with Crippen LogP contribution in [-0.4, -0.2) is 30.4 Å². The predicted octanol–water partition coefficient (Wildman–Crippen LogP) is 1.75. The molecule has 1 aliphatic rings. The SMILES string of the molecule is CN1CCC(Nc2cc(F)c(F)c(F)c2)C1=O. The molecule has 3 nitrogen and oxygen atoms in total. The van der Waals surface area contributed by atoms with Gasteiger partial charge in [-0.25, -0.2) is 13.2 Å². The van der Waals surface area contributed by atoms with E-state index in [4.69, 9.17) is 0 Å². The molecule has 1 amide bonds. The van der Waals surface area contributed by atoms with Gasteiger partial charge < -0.3 is 10.2 Å². The molecule has 1 atom stereocenters. The van der Waals surface area contributed by atoms with Crippen molar-refractivity contribution < 1.29 is 18.0 Å². The van der Waals surface area contributed by atoms with Crippen molar-refractivity contribution in [3.8, 4) is 0 Å². The van der Waals surface area contributed by atoms with E-state index in [1.807, 2.05) is 0 Å². The molecule has 6 heteroatoms. The van der Waals surface area contributed by atoms with E-state index >= 15 is 0 Å². The lowest BCUT2D eigenvalue weighted by atomic mass is 10.2. The van der Waals surface area contributed by atoms with Gasteiger partial charge in [0.1, 0.15) is 6.04 Å². The number of likely N-dealkylation sites (tertiary alicyclic amines) is 1. The minimum absolute atomic E-state index is 0.0649. The van der Waals surface area contributed by atoms with Gasteiger partial charge in [-0.2, -0.15) is 0 Å². The molecule has 0 aromatic heterocycles. The van der Waals surface area contributed by atoms with E-state index in [0.29, 0.717) is 13.0 Å². The Labute approximate surface area is 96.2 Å². The van der Waals surface area contributed by atoms with Crippen LogP contribution in [0, 0.1) is 17.5 Å². The lowest BCUT2D eigenvalue weighted by Gasteiger charge is -2.13. The van der Waals surface area contributed by atoms with E-state index in [9.17, 15) is 18.0 Å². The highest BCUT2D eigenvalue weighted by atomic mass is 19.2. The number of benzene rings is 1. The minimum Gasteiger partial charge on any atom is -0.373 e. The van der Waals surface area contributed by atoms with Gasteiger partial charge in [-0.15, -0.1) is 0 Å². The third-order valence-corrected chi connectivity index (χ3v) is 2.75. The van der Waals surface area contributed by atoms with Crippen LogP contribution in [0.4, 0.5) is 18.9 Å². The molecule has 0 aliphatic carbocycles. The van der Waals surface area contributed by atoms with Crippen molar-refractivity contribution in [3.63, 3.8) is 0 Å². The molecule has 2 rings (SSSR count). The lowest BCUT2D eigenvalue weighted by Crippen LogP contribution is -2.31. The average molecular weight is 244 g/mol. The molecule has 1 unspecified atom stereocenters. The number of hydrogen-bond acceptors (Lipinski definition) is 2. The van der Waals surface area contributed by atoms with E-state index in [-0.39, 0.29) is 11.6 Å². The summed E-state index contributed by atoms with van der Waals surface area (Å²) in [6, 6.07) is 1.16. The zero-order chi connectivity index (χ0) is 12.6. The zero-order valence-electron chi connectivity index (χ0n) is 9.14. The second kappa shape index (κ2) is 4.27. The van der Waals surface area contributed by atoms with Crippen LogP contribution in [0.3, 0.4) is 0 Å². The third-order valence-electron chi connectivity index (χ3n) is 2.75. The van der Waals surface area contributed by atoms with Gasteiger partial charge in [0.15, 0.2) is 17.5 Å². The maximum Gasteiger partial charge on any atom is 0.244 e. The topological polar surface area (TPSA) is 32.3 Å². The van der Waals surface area contributed by atoms with Gasteiger partial charge in [0.05, 0.1) is 0 Å². The number of likely N-dealkylation sites (N-methyl/N-ethyl adjacent to an activating group) is 1. The molecule has 0 radical (unpaired) electrons. The average Bonchev–Trinajstić information content (AvgIpc) is 2.58. The summed E-state index contributed by atoms with van der Waals surface area (Å²) in [6.45, 7) is 0.586. The van der Waals surface area contributed by atoms with E-state index in [1.165, 1.54) is 4.90 Å². The Morgan fingerprint density at radius 3 is 2.35 bits per heavy atom. The van der Waals surface area contributed by atoms with Crippen molar-refractivity contribution in [2.24, 2.45) is 0 Å². The Kier molecular flexibility index (Phi) is 2.95. The fourth-order valence-corrected chi connectivity index (χ4v) is 1.80. The fraction of sp³-hybridized carbons (Fsp3) is 0.364. The van der Waals surface area contributed by atoms with Gasteiger partial charge in [0.25, 0.3) is 0 Å². The highest BCUT2D eigenvalue weighted by Crippen LogP contribution is 2.20. The van der Waals surface area contributed by atoms with Crippen LogP contribution in [-0.2, 0) is 4.79 Å². The first kappa shape index (κ1) is 11.8. The first-order valence-electron chi connectivity index (χ1n) is 5.15. The molecule has 1 saturated heterocycles. The monoisotopic (exact) mass is 244 g/mol. The number of rotatable bonds is 2. The largest absolute Gasteiger partial charge is 0.373 e. The summed E-state index contributed by atoms with van der Waals surface area (Å²) in [4.78, 5) is 13.1. The molecule has 1 N–H and O–H groups in total. The molecule has 1 aromatic rings. The molecular formula is C11H11F3N2O. The highest BCUT2D eigenvalue weighted by molar-refractivity contribution is 5.86. The summed E-state index contributed by atoms with van der Waals surface area (Å²) in [6.07, 6.45) is 0.552. The van der Waals surface area contributed by atoms with E-state index in [2.05, 4.69) is 5.32 Å². The van der Waals surface area contributed by atoms with Gasteiger partial charge in [-0.3, -0.25) is 4.79 Å². The molecule has 1 fully saturated rings. The normalized spacial score (nSPS) is 19.9. The first-order valence-corrected chi connectivity index (χ1v) is 5.15. The molecule has 0 saturated carbocycles. The summed E-state index contributed by atoms with van der Waals surface area (Å²) in [7, 11) is 1.65. The van der Waals surface area contributed by atoms with Gasteiger partial charge in [0, 0.05) is 31.4 Å². The molecule has 0 bridgehead atoms. The van der Waals surface area contributed by atoms with Crippen LogP contribution < -0.4 is 5.32 Å². The number of nitrogens with zero attached hydrogens (tertiary/aromatic N) is 1. The smallest absolute Gasteiger partial charge is 0.244 e. The molecule has 17 heavy (non-hydrogen) atoms. The summed E-state index contributed by atoms with van der Waals surface area (Å²) < 4.78 is 38.6. The zero-order valence-corrected chi connectivity index (χ0v) is 9.14. The number of carbonyl (C=O) groups excluding carboxylic acids is 1. The van der Waals surface area contributed by atoms with Crippen LogP contribution in [0.25, 0.3) is 0 Å². The molecule has 92 valence electrons. The van der Waals surface area contributed by atoms with Crippen LogP contribution in [0.15, 0.2) is 12.1 Å². The van der Waals surface area contributed by atoms with Crippen molar-refractivity contribution >= 4 is 11.6 Å². The Hall–Kier alpha value is -1.72. The number of halogens is 3. The third kappa shape index (κ3) is 2.20. The van der Waals surface area contributed by atoms with Crippen molar-refractivity contribution in [2.75, 3.05) is 18.9 Å². The molecule has 0 spiro atoms. The quantitative estimate of drug-likeness (QED) is 0.804. The number of hydrogen-bond donors (Lipinski definition) is 1. The molecule has 1 heterocycles. The minimum atomic E-state index is -1.51. The number of carbonyl (C=O) groups is 1. The Morgan fingerprint density at radius 2 is 1.88 bits per heavy atom. The van der Waals surface area contributed by atoms with Crippen molar-refractivity contribution in [1.82, 2.24) is 4.90 Å². The number of amides is 1. The van der Waals surface area contributed by atoms with Crippen LogP contribution >= 0.6 is 0 Å². The van der Waals surface area contributed by atoms with Gasteiger partial charge in [-0.1, -0.05) is 0 Å². The van der Waals surface area contributed by atoms with Crippen LogP contribution in [0.5, 0.6) is 0 Å². The highest BCUT2D eigenvalue weighted by Gasteiger charge is 2.29. The summed E-state index contributed by atoms with van der Waals surface area (Å²) in [5.41, 5.74) is 0.0649. The first-order chi connectivity index (χ1) is 7.99. The fourth-order valence-electron chi connectivity index (χ4n) is 1.80. The molecule has 1 aromatic carbocycles. The maximum absolute atomic E-state index is 12.9. The van der Waals surface area contributed by atoms with Gasteiger partial charge in [-0.05, 0) is 6.42 Å². The Morgan fingerprint density at radius 1 is 1.29 bits per heavy atom. The number of anilines is 1. The predicted molar refractivity (Wildman–Crippen MR) is 56.0 cm³/mol. The lowest BCUT2D eigenvalue weighted by molar-refractivity contribution is -0.127. The molecule has 1 aliphatic heterocycles. The standard InChI is InChI=1S/C11H11F3N2O/c1-16-3-2-9(11(16)17)15-6-4-7(12)10(14)8(13)5-6/h4-5,9,15H,2-3H2,1H3. The summed E-state index contributed by atoms with van der Waals surface area (Å²) in [5, 5.41) is 2.69. The van der Waals surface area contributed by atoms with Gasteiger partial charge >= 0.3 is 0 Å². The van der Waals surface area contributed by atoms with Crippen molar-refractivity contribution in [1.29, 1.82) is 0 Å². The van der Waals surface area contributed by atoms with E-state index in [0.717, 1.165) is 12.1 Å². The van der Waals surface area contributed by atoms with E-state index < -0.39 is 23.5 Å². The van der Waals surface area contributed by atoms with E-state index in [1.54, 1.807) is 7.05 Å². The second-order valence-electron chi connectivity index (χ2n) is 4.00. The number of nitrogens with one attached hydrogen (secondary N) is 1. The van der Waals surface area contributed by atoms with Crippen molar-refractivity contribution in [2.45, 2.75) is 12.5 Å². The van der Waals surface area contributed by atoms with Gasteiger partial charge in [0.2, 0.25) is 5.91 Å². The van der Waals surface area contributed by atoms with Crippen molar-refractivity contribution in [3.05, 3.63) is 29.6 Å². The second-order valence-corrected chi connectivity index (χ2v) is 4.00. The Balaban J connectivity index is 2.17. The summed E-state index contributed by atoms with van der Waals surface area (Å²) in [5.74, 6) is -4.20. The van der Waals surface area contributed by atoms with Crippen LogP contribution in [0.2, 0.25) is 0 Å². The van der Waals surface area contributed by atoms with Crippen LogP contribution in [0.1, 0.15) is 6.42 Å². The Bertz CT molecular complexity index is 441.